The molecule has 2 aliphatic rings. The molecule has 1 atom stereocenters. The highest BCUT2D eigenvalue weighted by Gasteiger charge is 2.42. The van der Waals surface area contributed by atoms with Crippen LogP contribution in [0.3, 0.4) is 0 Å². The van der Waals surface area contributed by atoms with E-state index in [9.17, 15) is 0 Å². The zero-order valence-corrected chi connectivity index (χ0v) is 13.2. The van der Waals surface area contributed by atoms with Crippen molar-refractivity contribution in [2.75, 3.05) is 19.6 Å². The maximum Gasteiger partial charge on any atom is 0.0308 e. The van der Waals surface area contributed by atoms with Gasteiger partial charge in [0.15, 0.2) is 0 Å². The average Bonchev–Trinajstić information content (AvgIpc) is 3.22. The van der Waals surface area contributed by atoms with E-state index in [1.54, 1.807) is 0 Å². The fourth-order valence-corrected chi connectivity index (χ4v) is 3.57. The van der Waals surface area contributed by atoms with Crippen molar-refractivity contribution >= 4 is 0 Å². The lowest BCUT2D eigenvalue weighted by molar-refractivity contribution is 0.195. The van der Waals surface area contributed by atoms with E-state index in [1.807, 2.05) is 0 Å². The maximum absolute atomic E-state index is 3.81. The number of hydrogen-bond donors (Lipinski definition) is 1. The quantitative estimate of drug-likeness (QED) is 0.908. The molecule has 1 heterocycles. The normalized spacial score (nSPS) is 28.4. The van der Waals surface area contributed by atoms with E-state index in [0.717, 1.165) is 12.5 Å². The van der Waals surface area contributed by atoms with E-state index in [2.05, 4.69) is 49.2 Å². The summed E-state index contributed by atoms with van der Waals surface area (Å²) in [6, 6.07) is 6.93. The first-order valence-electron chi connectivity index (χ1n) is 8.10. The Labute approximate surface area is 123 Å². The summed E-state index contributed by atoms with van der Waals surface area (Å²) in [5.41, 5.74) is 4.62. The van der Waals surface area contributed by atoms with Gasteiger partial charge >= 0.3 is 0 Å². The first kappa shape index (κ1) is 14.1. The molecule has 1 saturated carbocycles. The second kappa shape index (κ2) is 5.50. The highest BCUT2D eigenvalue weighted by atomic mass is 15.2. The zero-order valence-electron chi connectivity index (χ0n) is 13.2. The fourth-order valence-electron chi connectivity index (χ4n) is 3.57. The Kier molecular flexibility index (Phi) is 3.87. The van der Waals surface area contributed by atoms with Crippen molar-refractivity contribution in [1.82, 2.24) is 10.2 Å². The van der Waals surface area contributed by atoms with E-state index in [-0.39, 0.29) is 0 Å². The lowest BCUT2D eigenvalue weighted by atomic mass is 9.95. The van der Waals surface area contributed by atoms with Crippen molar-refractivity contribution in [3.63, 3.8) is 0 Å². The molecule has 20 heavy (non-hydrogen) atoms. The first-order chi connectivity index (χ1) is 9.57. The molecule has 2 nitrogen and oxygen atoms in total. The van der Waals surface area contributed by atoms with E-state index >= 15 is 0 Å². The van der Waals surface area contributed by atoms with Crippen LogP contribution in [-0.2, 0) is 6.54 Å². The molecule has 1 aromatic rings. The van der Waals surface area contributed by atoms with Gasteiger partial charge in [-0.1, -0.05) is 18.2 Å². The molecule has 0 amide bonds. The minimum absolute atomic E-state index is 0.343. The summed E-state index contributed by atoms with van der Waals surface area (Å²) in [5.74, 6) is 0.905. The number of aryl methyl sites for hydroxylation is 2. The predicted molar refractivity (Wildman–Crippen MR) is 84.9 cm³/mol. The van der Waals surface area contributed by atoms with Crippen LogP contribution in [0.5, 0.6) is 0 Å². The molecule has 0 aromatic heterocycles. The summed E-state index contributed by atoms with van der Waals surface area (Å²) in [6.07, 6.45) is 4.11. The largest absolute Gasteiger partial charge is 0.310 e. The summed E-state index contributed by atoms with van der Waals surface area (Å²) in [7, 11) is 0. The van der Waals surface area contributed by atoms with Crippen molar-refractivity contribution in [2.45, 2.75) is 52.1 Å². The van der Waals surface area contributed by atoms with Gasteiger partial charge in [-0.15, -0.1) is 0 Å². The molecular formula is C18H28N2. The van der Waals surface area contributed by atoms with Gasteiger partial charge in [-0.3, -0.25) is 4.90 Å². The Morgan fingerprint density at radius 3 is 2.75 bits per heavy atom. The summed E-state index contributed by atoms with van der Waals surface area (Å²) in [5, 5.41) is 3.81. The van der Waals surface area contributed by atoms with Gasteiger partial charge in [0.25, 0.3) is 0 Å². The van der Waals surface area contributed by atoms with Gasteiger partial charge in [0, 0.05) is 18.6 Å². The summed E-state index contributed by atoms with van der Waals surface area (Å²) < 4.78 is 0. The highest BCUT2D eigenvalue weighted by molar-refractivity contribution is 5.29. The molecule has 0 bridgehead atoms. The van der Waals surface area contributed by atoms with Crippen molar-refractivity contribution in [3.8, 4) is 0 Å². The topological polar surface area (TPSA) is 15.3 Å². The zero-order chi connectivity index (χ0) is 14.2. The predicted octanol–water partition coefficient (Wildman–Crippen LogP) is 3.27. The van der Waals surface area contributed by atoms with Crippen molar-refractivity contribution in [3.05, 3.63) is 34.9 Å². The number of nitrogens with zero attached hydrogens (tertiary/aromatic N) is 1. The van der Waals surface area contributed by atoms with Gasteiger partial charge in [-0.2, -0.15) is 0 Å². The molecule has 0 spiro atoms. The van der Waals surface area contributed by atoms with E-state index in [1.165, 1.54) is 55.6 Å². The molecule has 1 unspecified atom stereocenters. The number of nitrogens with one attached hydrogen (secondary N) is 1. The van der Waals surface area contributed by atoms with Crippen molar-refractivity contribution in [2.24, 2.45) is 5.92 Å². The van der Waals surface area contributed by atoms with Crippen LogP contribution in [-0.4, -0.2) is 30.1 Å². The van der Waals surface area contributed by atoms with Crippen LogP contribution in [0.25, 0.3) is 0 Å². The SMILES string of the molecule is Cc1ccc(CN2CCCNC(C)(C3CC3)C2)cc1C. The smallest absolute Gasteiger partial charge is 0.0308 e. The standard InChI is InChI=1S/C18H28N2/c1-14-5-6-16(11-15(14)2)12-20-10-4-9-19-18(3,13-20)17-7-8-17/h5-6,11,17,19H,4,7-10,12-13H2,1-3H3. The summed E-state index contributed by atoms with van der Waals surface area (Å²) in [4.78, 5) is 2.66. The lowest BCUT2D eigenvalue weighted by Gasteiger charge is -2.34. The van der Waals surface area contributed by atoms with Gasteiger partial charge in [-0.05, 0) is 75.7 Å². The molecule has 1 saturated heterocycles. The van der Waals surface area contributed by atoms with Gasteiger partial charge in [0.05, 0.1) is 0 Å². The minimum atomic E-state index is 0.343. The van der Waals surface area contributed by atoms with Gasteiger partial charge in [0.2, 0.25) is 0 Å². The summed E-state index contributed by atoms with van der Waals surface area (Å²) >= 11 is 0. The van der Waals surface area contributed by atoms with E-state index in [4.69, 9.17) is 0 Å². The third-order valence-electron chi connectivity index (χ3n) is 5.19. The molecule has 1 N–H and O–H groups in total. The van der Waals surface area contributed by atoms with Crippen LogP contribution in [0.4, 0.5) is 0 Å². The van der Waals surface area contributed by atoms with Gasteiger partial charge < -0.3 is 5.32 Å². The highest BCUT2D eigenvalue weighted by Crippen LogP contribution is 2.40. The molecular weight excluding hydrogens is 244 g/mol. The van der Waals surface area contributed by atoms with Crippen LogP contribution < -0.4 is 5.32 Å². The number of benzene rings is 1. The van der Waals surface area contributed by atoms with Crippen molar-refractivity contribution in [1.29, 1.82) is 0 Å². The monoisotopic (exact) mass is 272 g/mol. The van der Waals surface area contributed by atoms with Crippen LogP contribution in [0.1, 0.15) is 42.9 Å². The Morgan fingerprint density at radius 1 is 1.25 bits per heavy atom. The Morgan fingerprint density at radius 2 is 2.05 bits per heavy atom. The van der Waals surface area contributed by atoms with Gasteiger partial charge in [0.1, 0.15) is 0 Å². The molecule has 2 heteroatoms. The van der Waals surface area contributed by atoms with Crippen LogP contribution in [0, 0.1) is 19.8 Å². The van der Waals surface area contributed by atoms with Crippen LogP contribution >= 0.6 is 0 Å². The third-order valence-corrected chi connectivity index (χ3v) is 5.19. The Balaban J connectivity index is 1.70. The molecule has 0 radical (unpaired) electrons. The van der Waals surface area contributed by atoms with Gasteiger partial charge in [-0.25, -0.2) is 0 Å². The fraction of sp³-hybridized carbons (Fsp3) is 0.667. The lowest BCUT2D eigenvalue weighted by Crippen LogP contribution is -2.50. The minimum Gasteiger partial charge on any atom is -0.310 e. The Bertz CT molecular complexity index is 478. The van der Waals surface area contributed by atoms with Crippen LogP contribution in [0.15, 0.2) is 18.2 Å². The van der Waals surface area contributed by atoms with E-state index in [0.29, 0.717) is 5.54 Å². The number of rotatable bonds is 3. The Hall–Kier alpha value is -0.860. The average molecular weight is 272 g/mol. The molecule has 3 rings (SSSR count). The molecule has 110 valence electrons. The van der Waals surface area contributed by atoms with Crippen LogP contribution in [0.2, 0.25) is 0 Å². The molecule has 1 aliphatic carbocycles. The molecule has 1 aromatic carbocycles. The third kappa shape index (κ3) is 3.07. The van der Waals surface area contributed by atoms with Crippen molar-refractivity contribution < 1.29 is 0 Å². The molecule has 2 fully saturated rings. The number of hydrogen-bond acceptors (Lipinski definition) is 2. The maximum atomic E-state index is 3.81. The second-order valence-corrected chi connectivity index (χ2v) is 7.10. The summed E-state index contributed by atoms with van der Waals surface area (Å²) in [6.45, 7) is 11.5. The molecule has 1 aliphatic heterocycles. The second-order valence-electron chi connectivity index (χ2n) is 7.10. The first-order valence-corrected chi connectivity index (χ1v) is 8.10. The van der Waals surface area contributed by atoms with E-state index < -0.39 is 0 Å².